The fourth-order valence-electron chi connectivity index (χ4n) is 1.23. The highest BCUT2D eigenvalue weighted by molar-refractivity contribution is 5.69. The summed E-state index contributed by atoms with van der Waals surface area (Å²) in [5.74, 6) is -1.52. The van der Waals surface area contributed by atoms with Crippen LogP contribution in [0.25, 0.3) is 0 Å². The zero-order chi connectivity index (χ0) is 15.1. The van der Waals surface area contributed by atoms with Gasteiger partial charge in [-0.1, -0.05) is 6.92 Å². The van der Waals surface area contributed by atoms with Gasteiger partial charge in [0.2, 0.25) is 0 Å². The molecule has 0 radical (unpaired) electrons. The first-order chi connectivity index (χ1) is 9.43. The van der Waals surface area contributed by atoms with Crippen LogP contribution >= 0.6 is 0 Å². The van der Waals surface area contributed by atoms with Crippen molar-refractivity contribution in [2.24, 2.45) is 4.99 Å². The maximum absolute atomic E-state index is 13.7. The summed E-state index contributed by atoms with van der Waals surface area (Å²) in [7, 11) is 3.41. The molecule has 0 bridgehead atoms. The fourth-order valence-corrected chi connectivity index (χ4v) is 1.23. The maximum Gasteiger partial charge on any atom is 0.352 e. The molecule has 8 heteroatoms. The number of esters is 1. The molecule has 0 saturated heterocycles. The van der Waals surface area contributed by atoms with E-state index in [9.17, 15) is 14.0 Å². The van der Waals surface area contributed by atoms with Gasteiger partial charge in [-0.15, -0.1) is 0 Å². The third-order valence-electron chi connectivity index (χ3n) is 2.16. The first-order valence-electron chi connectivity index (χ1n) is 6.07. The predicted molar refractivity (Wildman–Crippen MR) is 71.3 cm³/mol. The van der Waals surface area contributed by atoms with Crippen LogP contribution in [0.15, 0.2) is 16.0 Å². The van der Waals surface area contributed by atoms with Crippen molar-refractivity contribution in [2.45, 2.75) is 26.5 Å². The van der Waals surface area contributed by atoms with Crippen LogP contribution in [0.3, 0.4) is 0 Å². The second-order valence-electron chi connectivity index (χ2n) is 4.27. The Bertz CT molecular complexity index is 554. The zero-order valence-corrected chi connectivity index (χ0v) is 11.7. The molecule has 7 nitrogen and oxygen atoms in total. The Labute approximate surface area is 115 Å². The van der Waals surface area contributed by atoms with Crippen LogP contribution in [0.2, 0.25) is 0 Å². The lowest BCUT2D eigenvalue weighted by molar-refractivity contribution is -0.147. The molecular formula is C12H17FN4O3. The van der Waals surface area contributed by atoms with Crippen LogP contribution in [-0.2, 0) is 16.3 Å². The molecule has 20 heavy (non-hydrogen) atoms. The van der Waals surface area contributed by atoms with Gasteiger partial charge in [0.1, 0.15) is 0 Å². The lowest BCUT2D eigenvalue weighted by Gasteiger charge is -2.07. The summed E-state index contributed by atoms with van der Waals surface area (Å²) < 4.78 is 19.3. The van der Waals surface area contributed by atoms with E-state index >= 15 is 0 Å². The lowest BCUT2D eigenvalue weighted by Crippen LogP contribution is -2.25. The van der Waals surface area contributed by atoms with E-state index in [4.69, 9.17) is 4.74 Å². The number of hydrogen-bond acceptors (Lipinski definition) is 5. The summed E-state index contributed by atoms with van der Waals surface area (Å²) in [6.07, 6.45) is 3.13. The Kier molecular flexibility index (Phi) is 5.82. The Morgan fingerprint density at radius 2 is 2.30 bits per heavy atom. The molecule has 0 amide bonds. The van der Waals surface area contributed by atoms with E-state index < -0.39 is 17.5 Å². The van der Waals surface area contributed by atoms with E-state index in [0.717, 1.165) is 10.8 Å². The van der Waals surface area contributed by atoms with E-state index in [2.05, 4.69) is 9.98 Å². The molecule has 0 spiro atoms. The molecule has 0 fully saturated rings. The average molecular weight is 284 g/mol. The van der Waals surface area contributed by atoms with Crippen LogP contribution in [0.5, 0.6) is 0 Å². The second kappa shape index (κ2) is 7.37. The normalized spacial score (nSPS) is 10.8. The third kappa shape index (κ3) is 4.79. The molecule has 0 N–H and O–H groups in total. The molecule has 1 aromatic heterocycles. The number of carbonyl (C=O) groups excluding carboxylic acids is 1. The van der Waals surface area contributed by atoms with Crippen molar-refractivity contribution in [3.8, 4) is 0 Å². The van der Waals surface area contributed by atoms with Gasteiger partial charge in [0.25, 0.3) is 0 Å². The first kappa shape index (κ1) is 15.8. The van der Waals surface area contributed by atoms with E-state index in [1.165, 1.54) is 6.34 Å². The topological polar surface area (TPSA) is 76.8 Å². The number of aliphatic imine (C=N–C) groups is 1. The smallest absolute Gasteiger partial charge is 0.352 e. The number of halogens is 1. The highest BCUT2D eigenvalue weighted by Gasteiger charge is 2.09. The number of hydrogen-bond donors (Lipinski definition) is 0. The SMILES string of the molecule is CCCC(=O)OCn1cc(F)c(N=CN(C)C)nc1=O. The van der Waals surface area contributed by atoms with Crippen molar-refractivity contribution in [3.63, 3.8) is 0 Å². The zero-order valence-electron chi connectivity index (χ0n) is 11.7. The molecule has 1 rings (SSSR count). The minimum Gasteiger partial charge on any atom is -0.444 e. The largest absolute Gasteiger partial charge is 0.444 e. The lowest BCUT2D eigenvalue weighted by atomic mass is 10.3. The molecule has 110 valence electrons. The summed E-state index contributed by atoms with van der Waals surface area (Å²) in [6.45, 7) is 1.46. The minimum absolute atomic E-state index is 0.246. The van der Waals surface area contributed by atoms with Gasteiger partial charge in [-0.25, -0.2) is 14.2 Å². The number of nitrogens with zero attached hydrogens (tertiary/aromatic N) is 4. The van der Waals surface area contributed by atoms with Gasteiger partial charge in [0, 0.05) is 20.5 Å². The van der Waals surface area contributed by atoms with Gasteiger partial charge in [-0.2, -0.15) is 4.98 Å². The van der Waals surface area contributed by atoms with E-state index in [0.29, 0.717) is 6.42 Å². The predicted octanol–water partition coefficient (Wildman–Crippen LogP) is 0.905. The minimum atomic E-state index is -0.769. The Hall–Kier alpha value is -2.25. The first-order valence-corrected chi connectivity index (χ1v) is 6.07. The van der Waals surface area contributed by atoms with Crippen LogP contribution in [-0.4, -0.2) is 40.9 Å². The van der Waals surface area contributed by atoms with Crippen LogP contribution in [0, 0.1) is 5.82 Å². The Morgan fingerprint density at radius 3 is 2.90 bits per heavy atom. The van der Waals surface area contributed by atoms with Crippen molar-refractivity contribution in [3.05, 3.63) is 22.5 Å². The molecule has 1 aromatic rings. The van der Waals surface area contributed by atoms with Gasteiger partial charge >= 0.3 is 11.7 Å². The summed E-state index contributed by atoms with van der Waals surface area (Å²) in [4.78, 5) is 31.6. The van der Waals surface area contributed by atoms with Gasteiger partial charge < -0.3 is 9.64 Å². The molecule has 0 saturated carbocycles. The van der Waals surface area contributed by atoms with Gasteiger partial charge in [-0.05, 0) is 6.42 Å². The van der Waals surface area contributed by atoms with Crippen molar-refractivity contribution in [1.29, 1.82) is 0 Å². The van der Waals surface area contributed by atoms with E-state index in [-0.39, 0.29) is 19.0 Å². The van der Waals surface area contributed by atoms with E-state index in [1.807, 2.05) is 6.92 Å². The molecule has 0 aliphatic carbocycles. The maximum atomic E-state index is 13.7. The average Bonchev–Trinajstić information content (AvgIpc) is 2.38. The molecule has 0 aliphatic rings. The molecule has 1 heterocycles. The quantitative estimate of drug-likeness (QED) is 0.441. The molecular weight excluding hydrogens is 267 g/mol. The summed E-state index contributed by atoms with van der Waals surface area (Å²) in [5.41, 5.74) is -0.735. The number of rotatable bonds is 6. The third-order valence-corrected chi connectivity index (χ3v) is 2.16. The second-order valence-corrected chi connectivity index (χ2v) is 4.27. The van der Waals surface area contributed by atoms with Crippen molar-refractivity contribution in [2.75, 3.05) is 14.1 Å². The van der Waals surface area contributed by atoms with Crippen molar-refractivity contribution in [1.82, 2.24) is 14.5 Å². The fraction of sp³-hybridized carbons (Fsp3) is 0.500. The monoisotopic (exact) mass is 284 g/mol. The number of aromatic nitrogens is 2. The van der Waals surface area contributed by atoms with Gasteiger partial charge in [0.15, 0.2) is 18.4 Å². The standard InChI is InChI=1S/C12H17FN4O3/c1-4-5-10(18)20-8-17-6-9(13)11(15-12(17)19)14-7-16(2)3/h6-7H,4-5,8H2,1-3H3. The van der Waals surface area contributed by atoms with Crippen LogP contribution in [0.1, 0.15) is 19.8 Å². The van der Waals surface area contributed by atoms with Gasteiger partial charge in [0.05, 0.1) is 12.5 Å². The summed E-state index contributed by atoms with van der Waals surface area (Å²) >= 11 is 0. The highest BCUT2D eigenvalue weighted by atomic mass is 19.1. The molecule has 0 atom stereocenters. The summed E-state index contributed by atoms with van der Waals surface area (Å²) in [6, 6.07) is 0. The van der Waals surface area contributed by atoms with Crippen molar-refractivity contribution < 1.29 is 13.9 Å². The van der Waals surface area contributed by atoms with Crippen LogP contribution < -0.4 is 5.69 Å². The molecule has 0 aromatic carbocycles. The Balaban J connectivity index is 2.83. The number of ether oxygens (including phenoxy) is 1. The Morgan fingerprint density at radius 1 is 1.60 bits per heavy atom. The number of carbonyl (C=O) groups is 1. The van der Waals surface area contributed by atoms with E-state index in [1.54, 1.807) is 19.0 Å². The summed E-state index contributed by atoms with van der Waals surface area (Å²) in [5, 5.41) is 0. The van der Waals surface area contributed by atoms with Gasteiger partial charge in [-0.3, -0.25) is 9.36 Å². The molecule has 0 unspecified atom stereocenters. The molecule has 0 aliphatic heterocycles. The highest BCUT2D eigenvalue weighted by Crippen LogP contribution is 2.10. The van der Waals surface area contributed by atoms with Crippen molar-refractivity contribution >= 4 is 18.1 Å². The van der Waals surface area contributed by atoms with Crippen LogP contribution in [0.4, 0.5) is 10.2 Å².